The predicted octanol–water partition coefficient (Wildman–Crippen LogP) is 2.74. The molecule has 0 atom stereocenters. The highest BCUT2D eigenvalue weighted by atomic mass is 19.2. The van der Waals surface area contributed by atoms with Crippen LogP contribution in [0.15, 0.2) is 24.3 Å². The van der Waals surface area contributed by atoms with Gasteiger partial charge in [-0.05, 0) is 18.6 Å². The number of nitrogen functional groups attached to an aromatic ring is 1. The van der Waals surface area contributed by atoms with Crippen LogP contribution in [0.2, 0.25) is 0 Å². The molecule has 0 amide bonds. The number of nitrogens with two attached hydrogens (primary N) is 1. The van der Waals surface area contributed by atoms with Crippen LogP contribution in [-0.2, 0) is 6.42 Å². The molecule has 4 N–H and O–H groups in total. The average Bonchev–Trinajstić information content (AvgIpc) is 2.43. The third-order valence-corrected chi connectivity index (χ3v) is 2.59. The van der Waals surface area contributed by atoms with Crippen molar-refractivity contribution in [3.8, 4) is 0 Å². The zero-order valence-corrected chi connectivity index (χ0v) is 11.0. The van der Waals surface area contributed by atoms with Gasteiger partial charge in [-0.1, -0.05) is 6.92 Å². The average molecular weight is 279 g/mol. The van der Waals surface area contributed by atoms with Crippen molar-refractivity contribution in [1.82, 2.24) is 9.97 Å². The van der Waals surface area contributed by atoms with Gasteiger partial charge in [0.2, 0.25) is 0 Å². The minimum atomic E-state index is -0.921. The number of halogens is 2. The van der Waals surface area contributed by atoms with E-state index in [2.05, 4.69) is 20.7 Å². The highest BCUT2D eigenvalue weighted by molar-refractivity contribution is 5.59. The van der Waals surface area contributed by atoms with Gasteiger partial charge in [0.15, 0.2) is 11.6 Å². The molecule has 5 nitrogen and oxygen atoms in total. The maximum absolute atomic E-state index is 13.1. The summed E-state index contributed by atoms with van der Waals surface area (Å²) in [6, 6.07) is 5.12. The van der Waals surface area contributed by atoms with Crippen LogP contribution in [0.5, 0.6) is 0 Å². The molecule has 0 unspecified atom stereocenters. The topological polar surface area (TPSA) is 75.9 Å². The molecule has 1 heterocycles. The quantitative estimate of drug-likeness (QED) is 0.579. The number of anilines is 3. The van der Waals surface area contributed by atoms with Crippen LogP contribution in [-0.4, -0.2) is 9.97 Å². The summed E-state index contributed by atoms with van der Waals surface area (Å²) in [6.07, 6.45) is 1.58. The third kappa shape index (κ3) is 3.39. The lowest BCUT2D eigenvalue weighted by Crippen LogP contribution is -2.11. The molecule has 2 aromatic rings. The molecule has 0 saturated carbocycles. The Hall–Kier alpha value is -2.28. The van der Waals surface area contributed by atoms with Gasteiger partial charge in [-0.25, -0.2) is 24.6 Å². The van der Waals surface area contributed by atoms with Crippen molar-refractivity contribution >= 4 is 17.3 Å². The number of aromatic nitrogens is 2. The normalized spacial score (nSPS) is 10.4. The zero-order valence-electron chi connectivity index (χ0n) is 11.0. The van der Waals surface area contributed by atoms with E-state index in [0.717, 1.165) is 18.6 Å². The number of nitrogens with zero attached hydrogens (tertiary/aromatic N) is 2. The summed E-state index contributed by atoms with van der Waals surface area (Å²) in [5.41, 5.74) is 2.84. The Labute approximate surface area is 115 Å². The molecule has 106 valence electrons. The minimum absolute atomic E-state index is 0.396. The van der Waals surface area contributed by atoms with Crippen LogP contribution in [0.1, 0.15) is 19.2 Å². The van der Waals surface area contributed by atoms with Crippen LogP contribution >= 0.6 is 0 Å². The summed E-state index contributed by atoms with van der Waals surface area (Å²) < 4.78 is 26.0. The predicted molar refractivity (Wildman–Crippen MR) is 73.5 cm³/mol. The number of nitrogens with one attached hydrogen (secondary N) is 2. The Morgan fingerprint density at radius 1 is 1.10 bits per heavy atom. The first-order chi connectivity index (χ1) is 9.62. The summed E-state index contributed by atoms with van der Waals surface area (Å²) in [6.45, 7) is 2.01. The van der Waals surface area contributed by atoms with Gasteiger partial charge in [0.05, 0.1) is 0 Å². The summed E-state index contributed by atoms with van der Waals surface area (Å²) in [5, 5.41) is 2.89. The van der Waals surface area contributed by atoms with E-state index < -0.39 is 11.6 Å². The van der Waals surface area contributed by atoms with Gasteiger partial charge in [-0.2, -0.15) is 0 Å². The highest BCUT2D eigenvalue weighted by Crippen LogP contribution is 2.19. The van der Waals surface area contributed by atoms with E-state index in [4.69, 9.17) is 5.84 Å². The largest absolute Gasteiger partial charge is 0.340 e. The highest BCUT2D eigenvalue weighted by Gasteiger charge is 2.06. The molecule has 0 saturated heterocycles. The van der Waals surface area contributed by atoms with Crippen molar-refractivity contribution in [1.29, 1.82) is 0 Å². The number of benzene rings is 1. The fraction of sp³-hybridized carbons (Fsp3) is 0.231. The Morgan fingerprint density at radius 2 is 1.85 bits per heavy atom. The fourth-order valence-electron chi connectivity index (χ4n) is 1.69. The fourth-order valence-corrected chi connectivity index (χ4v) is 1.69. The lowest BCUT2D eigenvalue weighted by atomic mass is 10.3. The molecule has 0 spiro atoms. The maximum Gasteiger partial charge on any atom is 0.160 e. The minimum Gasteiger partial charge on any atom is -0.340 e. The molecule has 1 aromatic heterocycles. The molecule has 0 aliphatic rings. The van der Waals surface area contributed by atoms with Gasteiger partial charge in [0, 0.05) is 24.2 Å². The monoisotopic (exact) mass is 279 g/mol. The lowest BCUT2D eigenvalue weighted by molar-refractivity contribution is 0.509. The second-order valence-electron chi connectivity index (χ2n) is 4.20. The second-order valence-corrected chi connectivity index (χ2v) is 4.20. The second kappa shape index (κ2) is 6.25. The van der Waals surface area contributed by atoms with Gasteiger partial charge in [0.1, 0.15) is 17.5 Å². The van der Waals surface area contributed by atoms with E-state index in [0.29, 0.717) is 29.6 Å². The van der Waals surface area contributed by atoms with Crippen LogP contribution in [0.4, 0.5) is 26.1 Å². The molecule has 0 bridgehead atoms. The molecule has 2 rings (SSSR count). The maximum atomic E-state index is 13.1. The summed E-state index contributed by atoms with van der Waals surface area (Å²) in [7, 11) is 0. The van der Waals surface area contributed by atoms with Crippen molar-refractivity contribution in [2.24, 2.45) is 5.84 Å². The van der Waals surface area contributed by atoms with Crippen LogP contribution in [0.3, 0.4) is 0 Å². The number of hydrazine groups is 1. The number of aryl methyl sites for hydroxylation is 1. The molecule has 0 aliphatic heterocycles. The van der Waals surface area contributed by atoms with Crippen molar-refractivity contribution in [3.63, 3.8) is 0 Å². The van der Waals surface area contributed by atoms with E-state index in [1.165, 1.54) is 6.07 Å². The Morgan fingerprint density at radius 3 is 2.50 bits per heavy atom. The molecular weight excluding hydrogens is 264 g/mol. The molecule has 7 heteroatoms. The number of hydrogen-bond acceptors (Lipinski definition) is 5. The van der Waals surface area contributed by atoms with Gasteiger partial charge < -0.3 is 10.7 Å². The van der Waals surface area contributed by atoms with Gasteiger partial charge in [0.25, 0.3) is 0 Å². The first-order valence-corrected chi connectivity index (χ1v) is 6.19. The van der Waals surface area contributed by atoms with Crippen molar-refractivity contribution in [2.75, 3.05) is 10.7 Å². The molecule has 0 fully saturated rings. The van der Waals surface area contributed by atoms with Crippen molar-refractivity contribution < 1.29 is 8.78 Å². The lowest BCUT2D eigenvalue weighted by Gasteiger charge is -2.09. The van der Waals surface area contributed by atoms with Crippen molar-refractivity contribution in [2.45, 2.75) is 19.8 Å². The van der Waals surface area contributed by atoms with E-state index >= 15 is 0 Å². The molecule has 0 radical (unpaired) electrons. The first-order valence-electron chi connectivity index (χ1n) is 6.19. The van der Waals surface area contributed by atoms with E-state index in [9.17, 15) is 8.78 Å². The summed E-state index contributed by atoms with van der Waals surface area (Å²) >= 11 is 0. The smallest absolute Gasteiger partial charge is 0.160 e. The Bertz CT molecular complexity index is 603. The standard InChI is InChI=1S/C13H15F2N5/c1-2-3-11-18-12(7-13(19-11)20-16)17-8-4-5-9(14)10(15)6-8/h4-7H,2-3,16H2,1H3,(H2,17,18,19,20). The molecular formula is C13H15F2N5. The number of hydrogen-bond donors (Lipinski definition) is 3. The van der Waals surface area contributed by atoms with Gasteiger partial charge in [-0.3, -0.25) is 0 Å². The van der Waals surface area contributed by atoms with Crippen molar-refractivity contribution in [3.05, 3.63) is 41.7 Å². The Balaban J connectivity index is 2.27. The van der Waals surface area contributed by atoms with E-state index in [1.54, 1.807) is 6.07 Å². The first kappa shape index (κ1) is 14.1. The van der Waals surface area contributed by atoms with Crippen LogP contribution in [0, 0.1) is 11.6 Å². The molecule has 1 aromatic carbocycles. The summed E-state index contributed by atoms with van der Waals surface area (Å²) in [4.78, 5) is 8.48. The van der Waals surface area contributed by atoms with E-state index in [-0.39, 0.29) is 0 Å². The third-order valence-electron chi connectivity index (χ3n) is 2.59. The van der Waals surface area contributed by atoms with Gasteiger partial charge >= 0.3 is 0 Å². The summed E-state index contributed by atoms with van der Waals surface area (Å²) in [5.74, 6) is 5.06. The van der Waals surface area contributed by atoms with Crippen LogP contribution < -0.4 is 16.6 Å². The van der Waals surface area contributed by atoms with Crippen LogP contribution in [0.25, 0.3) is 0 Å². The Kier molecular flexibility index (Phi) is 4.41. The zero-order chi connectivity index (χ0) is 14.5. The van der Waals surface area contributed by atoms with Gasteiger partial charge in [-0.15, -0.1) is 0 Å². The SMILES string of the molecule is CCCc1nc(NN)cc(Nc2ccc(F)c(F)c2)n1. The molecule has 20 heavy (non-hydrogen) atoms. The number of rotatable bonds is 5. The molecule has 0 aliphatic carbocycles. The van der Waals surface area contributed by atoms with E-state index in [1.807, 2.05) is 6.92 Å².